The van der Waals surface area contributed by atoms with Crippen molar-refractivity contribution >= 4 is 17.6 Å². The van der Waals surface area contributed by atoms with Gasteiger partial charge in [0.1, 0.15) is 0 Å². The highest BCUT2D eigenvalue weighted by Crippen LogP contribution is 2.29. The maximum absolute atomic E-state index is 12.4. The summed E-state index contributed by atoms with van der Waals surface area (Å²) in [7, 11) is 1.23. The molecule has 0 saturated carbocycles. The number of ether oxygens (including phenoxy) is 3. The molecule has 1 atom stereocenters. The number of nitrogens with zero attached hydrogens (tertiary/aromatic N) is 1. The van der Waals surface area contributed by atoms with Crippen molar-refractivity contribution in [3.63, 3.8) is 0 Å². The lowest BCUT2D eigenvalue weighted by Gasteiger charge is -2.15. The van der Waals surface area contributed by atoms with E-state index in [0.29, 0.717) is 11.3 Å². The molecule has 28 heavy (non-hydrogen) atoms. The van der Waals surface area contributed by atoms with E-state index < -0.39 is 24.6 Å². The van der Waals surface area contributed by atoms with Crippen LogP contribution in [0.5, 0.6) is 11.5 Å². The number of halogens is 2. The number of esters is 1. The molecule has 2 rings (SSSR count). The summed E-state index contributed by atoms with van der Waals surface area (Å²) < 4.78 is 39.0. The zero-order valence-electron chi connectivity index (χ0n) is 14.9. The van der Waals surface area contributed by atoms with Gasteiger partial charge in [-0.05, 0) is 43.3 Å². The van der Waals surface area contributed by atoms with Crippen LogP contribution in [-0.2, 0) is 9.53 Å². The van der Waals surface area contributed by atoms with Gasteiger partial charge in [0.15, 0.2) is 17.6 Å². The van der Waals surface area contributed by atoms with Crippen LogP contribution in [0.15, 0.2) is 42.5 Å². The largest absolute Gasteiger partial charge is 0.493 e. The molecule has 2 aromatic carbocycles. The minimum absolute atomic E-state index is 0.00964. The SMILES string of the molecule is COc1cc(C(=O)O[C@H](C)C(=O)Nc2cccc(C#N)c2)ccc1OC(F)F. The molecule has 0 heterocycles. The molecular formula is C19H16F2N2O5. The standard InChI is InChI=1S/C19H16F2N2O5/c1-11(17(24)23-14-5-3-4-12(8-14)10-22)27-18(25)13-6-7-15(28-19(20)21)16(9-13)26-2/h3-9,11,19H,1-2H3,(H,23,24)/t11-/m1/s1. The lowest BCUT2D eigenvalue weighted by molar-refractivity contribution is -0.123. The van der Waals surface area contributed by atoms with Crippen molar-refractivity contribution < 1.29 is 32.6 Å². The Kier molecular flexibility index (Phi) is 6.87. The second kappa shape index (κ2) is 9.32. The van der Waals surface area contributed by atoms with Gasteiger partial charge in [0.2, 0.25) is 0 Å². The summed E-state index contributed by atoms with van der Waals surface area (Å²) in [5, 5.41) is 11.4. The summed E-state index contributed by atoms with van der Waals surface area (Å²) in [5.41, 5.74) is 0.729. The Morgan fingerprint density at radius 3 is 2.54 bits per heavy atom. The lowest BCUT2D eigenvalue weighted by Crippen LogP contribution is -2.30. The first-order valence-electron chi connectivity index (χ1n) is 7.99. The smallest absolute Gasteiger partial charge is 0.387 e. The van der Waals surface area contributed by atoms with Gasteiger partial charge in [-0.25, -0.2) is 4.79 Å². The highest BCUT2D eigenvalue weighted by Gasteiger charge is 2.21. The van der Waals surface area contributed by atoms with Gasteiger partial charge in [0.05, 0.1) is 24.3 Å². The van der Waals surface area contributed by atoms with Gasteiger partial charge in [-0.2, -0.15) is 14.0 Å². The van der Waals surface area contributed by atoms with E-state index in [1.165, 1.54) is 32.2 Å². The van der Waals surface area contributed by atoms with Gasteiger partial charge in [-0.1, -0.05) is 6.07 Å². The van der Waals surface area contributed by atoms with E-state index >= 15 is 0 Å². The van der Waals surface area contributed by atoms with Gasteiger partial charge in [-0.3, -0.25) is 4.79 Å². The molecule has 0 unspecified atom stereocenters. The molecule has 0 aliphatic rings. The van der Waals surface area contributed by atoms with Crippen LogP contribution in [0.3, 0.4) is 0 Å². The second-order valence-corrected chi connectivity index (χ2v) is 5.47. The summed E-state index contributed by atoms with van der Waals surface area (Å²) in [6.45, 7) is -1.68. The van der Waals surface area contributed by atoms with E-state index in [4.69, 9.17) is 14.7 Å². The molecule has 0 spiro atoms. The van der Waals surface area contributed by atoms with Crippen molar-refractivity contribution in [2.75, 3.05) is 12.4 Å². The zero-order valence-corrected chi connectivity index (χ0v) is 14.9. The normalized spacial score (nSPS) is 11.3. The van der Waals surface area contributed by atoms with E-state index in [2.05, 4.69) is 10.1 Å². The first-order chi connectivity index (χ1) is 13.3. The van der Waals surface area contributed by atoms with Gasteiger partial charge in [0, 0.05) is 5.69 Å². The minimum atomic E-state index is -3.05. The average Bonchev–Trinajstić information content (AvgIpc) is 2.67. The number of benzene rings is 2. The first kappa shape index (κ1) is 20.6. The summed E-state index contributed by atoms with van der Waals surface area (Å²) in [5.74, 6) is -1.78. The summed E-state index contributed by atoms with van der Waals surface area (Å²) in [4.78, 5) is 24.4. The van der Waals surface area contributed by atoms with E-state index in [0.717, 1.165) is 6.07 Å². The Balaban J connectivity index is 2.04. The molecule has 0 bridgehead atoms. The number of carbonyl (C=O) groups excluding carboxylic acids is 2. The van der Waals surface area contributed by atoms with Gasteiger partial charge in [-0.15, -0.1) is 0 Å². The topological polar surface area (TPSA) is 97.6 Å². The number of nitrogens with one attached hydrogen (secondary N) is 1. The van der Waals surface area contributed by atoms with Gasteiger partial charge >= 0.3 is 12.6 Å². The Bertz CT molecular complexity index is 911. The number of hydrogen-bond donors (Lipinski definition) is 1. The molecule has 0 aliphatic carbocycles. The number of rotatable bonds is 7. The van der Waals surface area contributed by atoms with Crippen LogP contribution in [0.2, 0.25) is 0 Å². The van der Waals surface area contributed by atoms with E-state index in [9.17, 15) is 18.4 Å². The van der Waals surface area contributed by atoms with E-state index in [1.807, 2.05) is 6.07 Å². The molecule has 1 N–H and O–H groups in total. The van der Waals surface area contributed by atoms with Gasteiger partial charge < -0.3 is 19.5 Å². The predicted molar refractivity (Wildman–Crippen MR) is 94.3 cm³/mol. The fourth-order valence-corrected chi connectivity index (χ4v) is 2.18. The van der Waals surface area contributed by atoms with Crippen LogP contribution < -0.4 is 14.8 Å². The summed E-state index contributed by atoms with van der Waals surface area (Å²) in [6, 6.07) is 11.7. The molecule has 0 radical (unpaired) electrons. The van der Waals surface area contributed by atoms with Crippen molar-refractivity contribution in [3.8, 4) is 17.6 Å². The third kappa shape index (κ3) is 5.41. The van der Waals surface area contributed by atoms with Crippen LogP contribution in [0, 0.1) is 11.3 Å². The number of anilines is 1. The first-order valence-corrected chi connectivity index (χ1v) is 7.99. The third-order valence-electron chi connectivity index (χ3n) is 3.53. The maximum Gasteiger partial charge on any atom is 0.387 e. The van der Waals surface area contributed by atoms with E-state index in [-0.39, 0.29) is 17.1 Å². The number of carbonyl (C=O) groups is 2. The highest BCUT2D eigenvalue weighted by molar-refractivity contribution is 5.97. The monoisotopic (exact) mass is 390 g/mol. The molecule has 0 fully saturated rings. The third-order valence-corrected chi connectivity index (χ3v) is 3.53. The van der Waals surface area contributed by atoms with Crippen molar-refractivity contribution in [3.05, 3.63) is 53.6 Å². The van der Waals surface area contributed by atoms with Crippen LogP contribution in [0.4, 0.5) is 14.5 Å². The molecule has 0 saturated heterocycles. The fourth-order valence-electron chi connectivity index (χ4n) is 2.18. The quantitative estimate of drug-likeness (QED) is 0.728. The van der Waals surface area contributed by atoms with Crippen LogP contribution in [-0.4, -0.2) is 31.7 Å². The van der Waals surface area contributed by atoms with Crippen molar-refractivity contribution in [2.45, 2.75) is 19.6 Å². The number of nitriles is 1. The van der Waals surface area contributed by atoms with Gasteiger partial charge in [0.25, 0.3) is 5.91 Å². The molecule has 0 aliphatic heterocycles. The Hall–Kier alpha value is -3.67. The van der Waals surface area contributed by atoms with Crippen LogP contribution in [0.25, 0.3) is 0 Å². The number of hydrogen-bond acceptors (Lipinski definition) is 6. The minimum Gasteiger partial charge on any atom is -0.493 e. The summed E-state index contributed by atoms with van der Waals surface area (Å²) in [6.07, 6.45) is -1.15. The van der Waals surface area contributed by atoms with Crippen molar-refractivity contribution in [1.29, 1.82) is 5.26 Å². The molecule has 1 amide bonds. The van der Waals surface area contributed by atoms with Crippen molar-refractivity contribution in [2.24, 2.45) is 0 Å². The average molecular weight is 390 g/mol. The Labute approximate surface area is 159 Å². The lowest BCUT2D eigenvalue weighted by atomic mass is 10.2. The molecule has 146 valence electrons. The summed E-state index contributed by atoms with van der Waals surface area (Å²) >= 11 is 0. The molecule has 2 aromatic rings. The Morgan fingerprint density at radius 2 is 1.89 bits per heavy atom. The van der Waals surface area contributed by atoms with Crippen LogP contribution >= 0.6 is 0 Å². The number of alkyl halides is 2. The number of methoxy groups -OCH3 is 1. The van der Waals surface area contributed by atoms with E-state index in [1.54, 1.807) is 18.2 Å². The molecule has 7 nitrogen and oxygen atoms in total. The van der Waals surface area contributed by atoms with Crippen molar-refractivity contribution in [1.82, 2.24) is 0 Å². The predicted octanol–water partition coefficient (Wildman–Crippen LogP) is 3.35. The van der Waals surface area contributed by atoms with Crippen LogP contribution in [0.1, 0.15) is 22.8 Å². The zero-order chi connectivity index (χ0) is 20.7. The molecule has 9 heteroatoms. The highest BCUT2D eigenvalue weighted by atomic mass is 19.3. The molecule has 0 aromatic heterocycles. The maximum atomic E-state index is 12.4. The number of amides is 1. The Morgan fingerprint density at radius 1 is 1.14 bits per heavy atom. The fraction of sp³-hybridized carbons (Fsp3) is 0.211. The second-order valence-electron chi connectivity index (χ2n) is 5.47. The molecular weight excluding hydrogens is 374 g/mol.